The molecule has 1 amide bonds. The quantitative estimate of drug-likeness (QED) is 0.879. The first-order chi connectivity index (χ1) is 13.5. The van der Waals surface area contributed by atoms with Crippen molar-refractivity contribution in [2.24, 2.45) is 5.41 Å². The molecule has 0 saturated carbocycles. The summed E-state index contributed by atoms with van der Waals surface area (Å²) in [5, 5.41) is 1.09. The Hall–Kier alpha value is -1.89. The van der Waals surface area contributed by atoms with E-state index in [0.717, 1.165) is 81.8 Å². The molecule has 1 N–H and O–H groups in total. The molecule has 0 unspecified atom stereocenters. The number of ether oxygens (including phenoxy) is 1. The van der Waals surface area contributed by atoms with Crippen LogP contribution in [-0.2, 0) is 4.74 Å². The zero-order chi connectivity index (χ0) is 19.6. The minimum atomic E-state index is 0.0505. The number of H-pyrrole nitrogens is 1. The number of hydrogen-bond donors (Lipinski definition) is 1. The topological polar surface area (TPSA) is 51.8 Å². The lowest BCUT2D eigenvalue weighted by atomic mass is 9.80. The molecule has 2 aliphatic heterocycles. The van der Waals surface area contributed by atoms with Crippen LogP contribution >= 0.6 is 0 Å². The monoisotopic (exact) mass is 384 g/mol. The van der Waals surface area contributed by atoms with Crippen LogP contribution in [-0.4, -0.2) is 92.2 Å². The molecule has 6 heteroatoms. The number of piperidine rings is 1. The zero-order valence-electron chi connectivity index (χ0n) is 17.1. The van der Waals surface area contributed by atoms with Gasteiger partial charge >= 0.3 is 0 Å². The molecule has 2 aromatic rings. The summed E-state index contributed by atoms with van der Waals surface area (Å²) in [5.74, 6) is 0.145. The van der Waals surface area contributed by atoms with Gasteiger partial charge in [-0.2, -0.15) is 0 Å². The van der Waals surface area contributed by atoms with Crippen LogP contribution in [0.25, 0.3) is 10.9 Å². The maximum atomic E-state index is 13.2. The van der Waals surface area contributed by atoms with Gasteiger partial charge < -0.3 is 19.5 Å². The predicted molar refractivity (Wildman–Crippen MR) is 112 cm³/mol. The van der Waals surface area contributed by atoms with Gasteiger partial charge in [0.15, 0.2) is 0 Å². The van der Waals surface area contributed by atoms with Crippen LogP contribution in [0, 0.1) is 5.41 Å². The van der Waals surface area contributed by atoms with Gasteiger partial charge in [-0.05, 0) is 51.2 Å². The molecule has 2 aliphatic rings. The summed E-state index contributed by atoms with van der Waals surface area (Å²) >= 11 is 0. The second-order valence-corrected chi connectivity index (χ2v) is 8.74. The number of carbonyl (C=O) groups excluding carboxylic acids is 1. The summed E-state index contributed by atoms with van der Waals surface area (Å²) in [6.45, 7) is 7.26. The number of aromatic amines is 1. The molecule has 1 aromatic carbocycles. The predicted octanol–water partition coefficient (Wildman–Crippen LogP) is 2.28. The second kappa shape index (κ2) is 8.23. The van der Waals surface area contributed by atoms with Crippen molar-refractivity contribution >= 4 is 16.8 Å². The number of likely N-dealkylation sites (tertiary alicyclic amines) is 1. The average Bonchev–Trinajstić information content (AvgIpc) is 3.08. The summed E-state index contributed by atoms with van der Waals surface area (Å²) in [7, 11) is 4.23. The molecule has 152 valence electrons. The number of amides is 1. The van der Waals surface area contributed by atoms with E-state index in [1.165, 1.54) is 0 Å². The van der Waals surface area contributed by atoms with Gasteiger partial charge in [0.2, 0.25) is 0 Å². The summed E-state index contributed by atoms with van der Waals surface area (Å²) in [6, 6.07) is 7.96. The van der Waals surface area contributed by atoms with Gasteiger partial charge in [-0.3, -0.25) is 9.69 Å². The summed E-state index contributed by atoms with van der Waals surface area (Å²) in [6.07, 6.45) is 4.09. The standard InChI is InChI=1S/C22H32N4O2/c1-24(2)10-11-25-12-13-28-17-22(15-25)7-3-9-26(16-22)21(27)19-4-5-20-18(14-19)6-8-23-20/h4-6,8,14,23H,3,7,9-13,15-17H2,1-2H3/t22-/m0/s1. The highest BCUT2D eigenvalue weighted by atomic mass is 16.5. The molecular weight excluding hydrogens is 352 g/mol. The number of fused-ring (bicyclic) bond motifs is 1. The van der Waals surface area contributed by atoms with E-state index >= 15 is 0 Å². The Bertz CT molecular complexity index is 818. The maximum Gasteiger partial charge on any atom is 0.253 e. The minimum Gasteiger partial charge on any atom is -0.379 e. The molecule has 4 rings (SSSR count). The zero-order valence-corrected chi connectivity index (χ0v) is 17.1. The molecule has 6 nitrogen and oxygen atoms in total. The third-order valence-electron chi connectivity index (χ3n) is 6.13. The first-order valence-corrected chi connectivity index (χ1v) is 10.4. The highest BCUT2D eigenvalue weighted by molar-refractivity contribution is 5.98. The van der Waals surface area contributed by atoms with Gasteiger partial charge in [0, 0.05) is 67.3 Å². The number of benzene rings is 1. The number of nitrogens with one attached hydrogen (secondary N) is 1. The number of hydrogen-bond acceptors (Lipinski definition) is 4. The Morgan fingerprint density at radius 2 is 2.14 bits per heavy atom. The summed E-state index contributed by atoms with van der Waals surface area (Å²) in [5.41, 5.74) is 1.90. The van der Waals surface area contributed by atoms with Gasteiger partial charge in [0.25, 0.3) is 5.91 Å². The highest BCUT2D eigenvalue weighted by Crippen LogP contribution is 2.33. The third kappa shape index (κ3) is 4.24. The number of aromatic nitrogens is 1. The maximum absolute atomic E-state index is 13.2. The van der Waals surface area contributed by atoms with Gasteiger partial charge in [-0.15, -0.1) is 0 Å². The van der Waals surface area contributed by atoms with E-state index in [1.807, 2.05) is 30.5 Å². The molecule has 0 bridgehead atoms. The fourth-order valence-corrected chi connectivity index (χ4v) is 4.61. The molecule has 2 saturated heterocycles. The number of likely N-dealkylation sites (N-methyl/N-ethyl adjacent to an activating group) is 1. The number of nitrogens with zero attached hydrogens (tertiary/aromatic N) is 3. The lowest BCUT2D eigenvalue weighted by Crippen LogP contribution is -2.52. The molecule has 1 aromatic heterocycles. The average molecular weight is 385 g/mol. The minimum absolute atomic E-state index is 0.0505. The first kappa shape index (κ1) is 19.4. The third-order valence-corrected chi connectivity index (χ3v) is 6.13. The van der Waals surface area contributed by atoms with Crippen molar-refractivity contribution in [3.8, 4) is 0 Å². The Kier molecular flexibility index (Phi) is 5.71. The van der Waals surface area contributed by atoms with E-state index in [1.54, 1.807) is 0 Å². The van der Waals surface area contributed by atoms with Crippen molar-refractivity contribution in [1.82, 2.24) is 19.7 Å². The summed E-state index contributed by atoms with van der Waals surface area (Å²) in [4.78, 5) is 23.2. The van der Waals surface area contributed by atoms with Crippen LogP contribution in [0.2, 0.25) is 0 Å². The van der Waals surface area contributed by atoms with Gasteiger partial charge in [0.1, 0.15) is 0 Å². The van der Waals surface area contributed by atoms with Crippen LogP contribution in [0.15, 0.2) is 30.5 Å². The van der Waals surface area contributed by atoms with Crippen molar-refractivity contribution in [2.45, 2.75) is 12.8 Å². The van der Waals surface area contributed by atoms with Crippen molar-refractivity contribution in [2.75, 3.05) is 66.6 Å². The van der Waals surface area contributed by atoms with E-state index in [-0.39, 0.29) is 11.3 Å². The van der Waals surface area contributed by atoms with Crippen LogP contribution in [0.5, 0.6) is 0 Å². The normalized spacial score (nSPS) is 24.2. The molecule has 1 spiro atoms. The highest BCUT2D eigenvalue weighted by Gasteiger charge is 2.40. The Morgan fingerprint density at radius 3 is 3.00 bits per heavy atom. The second-order valence-electron chi connectivity index (χ2n) is 8.74. The Balaban J connectivity index is 1.48. The van der Waals surface area contributed by atoms with Gasteiger partial charge in [0.05, 0.1) is 13.2 Å². The van der Waals surface area contributed by atoms with Crippen molar-refractivity contribution < 1.29 is 9.53 Å². The lowest BCUT2D eigenvalue weighted by molar-refractivity contribution is 0.00717. The van der Waals surface area contributed by atoms with E-state index in [4.69, 9.17) is 4.74 Å². The fraction of sp³-hybridized carbons (Fsp3) is 0.591. The largest absolute Gasteiger partial charge is 0.379 e. The van der Waals surface area contributed by atoms with Crippen LogP contribution < -0.4 is 0 Å². The smallest absolute Gasteiger partial charge is 0.253 e. The van der Waals surface area contributed by atoms with Crippen molar-refractivity contribution in [1.29, 1.82) is 0 Å². The van der Waals surface area contributed by atoms with Crippen LogP contribution in [0.4, 0.5) is 0 Å². The number of rotatable bonds is 4. The van der Waals surface area contributed by atoms with Crippen LogP contribution in [0.1, 0.15) is 23.2 Å². The van der Waals surface area contributed by atoms with E-state index in [9.17, 15) is 4.79 Å². The molecular formula is C22H32N4O2. The molecule has 28 heavy (non-hydrogen) atoms. The van der Waals surface area contributed by atoms with E-state index < -0.39 is 0 Å². The Morgan fingerprint density at radius 1 is 1.25 bits per heavy atom. The van der Waals surface area contributed by atoms with E-state index in [2.05, 4.69) is 33.8 Å². The summed E-state index contributed by atoms with van der Waals surface area (Å²) < 4.78 is 6.01. The van der Waals surface area contributed by atoms with E-state index in [0.29, 0.717) is 0 Å². The Labute approximate surface area is 167 Å². The van der Waals surface area contributed by atoms with Crippen molar-refractivity contribution in [3.63, 3.8) is 0 Å². The molecule has 0 aliphatic carbocycles. The fourth-order valence-electron chi connectivity index (χ4n) is 4.61. The first-order valence-electron chi connectivity index (χ1n) is 10.4. The molecule has 2 fully saturated rings. The number of carbonyl (C=O) groups is 1. The SMILES string of the molecule is CN(C)CCN1CCOC[C@@]2(CCCN(C(=O)c3ccc4[nH]ccc4c3)C2)C1. The molecule has 3 heterocycles. The molecule has 0 radical (unpaired) electrons. The van der Waals surface area contributed by atoms with Gasteiger partial charge in [-0.1, -0.05) is 0 Å². The van der Waals surface area contributed by atoms with Crippen LogP contribution in [0.3, 0.4) is 0 Å². The van der Waals surface area contributed by atoms with Crippen molar-refractivity contribution in [3.05, 3.63) is 36.0 Å². The molecule has 1 atom stereocenters. The lowest BCUT2D eigenvalue weighted by Gasteiger charge is -2.43. The van der Waals surface area contributed by atoms with Gasteiger partial charge in [-0.25, -0.2) is 0 Å².